The minimum atomic E-state index is -1.56. The van der Waals surface area contributed by atoms with Gasteiger partial charge in [0.1, 0.15) is 42.9 Å². The molecule has 2 bridgehead atoms. The van der Waals surface area contributed by atoms with Gasteiger partial charge < -0.3 is 54.0 Å². The first-order valence-corrected chi connectivity index (χ1v) is 18.1. The fraction of sp³-hybridized carbons (Fsp3) is 0.889. The molecule has 2 saturated heterocycles. The van der Waals surface area contributed by atoms with E-state index in [0.29, 0.717) is 37.9 Å². The monoisotopic (exact) mass is 694 g/mol. The number of fused-ring (bicyclic) bond motifs is 3. The number of carbonyl (C=O) groups excluding carboxylic acids is 2. The van der Waals surface area contributed by atoms with E-state index < -0.39 is 83.8 Å². The number of ketones is 1. The Bertz CT molecular complexity index is 1320. The molecule has 7 aliphatic rings. The maximum Gasteiger partial charge on any atom is 0.331 e. The molecular formula is C36H54O13. The van der Waals surface area contributed by atoms with Crippen LogP contribution in [-0.2, 0) is 38.0 Å². The van der Waals surface area contributed by atoms with Crippen molar-refractivity contribution in [3.05, 3.63) is 11.6 Å². The largest absolute Gasteiger partial charge is 0.458 e. The fourth-order valence-electron chi connectivity index (χ4n) is 11.3. The van der Waals surface area contributed by atoms with Crippen molar-refractivity contribution in [1.82, 2.24) is 0 Å². The molecule has 49 heavy (non-hydrogen) atoms. The van der Waals surface area contributed by atoms with Gasteiger partial charge in [0.15, 0.2) is 12.6 Å². The Hall–Kier alpha value is -1.52. The van der Waals surface area contributed by atoms with Gasteiger partial charge in [-0.25, -0.2) is 4.79 Å². The molecule has 3 aliphatic heterocycles. The number of carbonyl (C=O) groups is 2. The summed E-state index contributed by atoms with van der Waals surface area (Å²) in [4.78, 5) is 26.4. The van der Waals surface area contributed by atoms with E-state index in [1.54, 1.807) is 13.0 Å². The number of aliphatic hydroxyl groups is 5. The first-order valence-electron chi connectivity index (χ1n) is 18.1. The van der Waals surface area contributed by atoms with Crippen molar-refractivity contribution in [3.63, 3.8) is 0 Å². The summed E-state index contributed by atoms with van der Waals surface area (Å²) in [5.41, 5.74) is -1.49. The molecule has 5 N–H and O–H groups in total. The number of aliphatic hydroxyl groups excluding tert-OH is 4. The molecule has 276 valence electrons. The Morgan fingerprint density at radius 1 is 0.939 bits per heavy atom. The van der Waals surface area contributed by atoms with Gasteiger partial charge in [-0.3, -0.25) is 4.79 Å². The van der Waals surface area contributed by atoms with Crippen LogP contribution in [0.2, 0.25) is 0 Å². The van der Waals surface area contributed by atoms with E-state index in [0.717, 1.165) is 37.7 Å². The van der Waals surface area contributed by atoms with Crippen LogP contribution >= 0.6 is 0 Å². The molecule has 16 atom stereocenters. The molecule has 1 spiro atoms. The number of esters is 1. The Morgan fingerprint density at radius 3 is 2.41 bits per heavy atom. The lowest BCUT2D eigenvalue weighted by Gasteiger charge is -2.68. The van der Waals surface area contributed by atoms with Crippen LogP contribution in [0.3, 0.4) is 0 Å². The average molecular weight is 695 g/mol. The molecule has 13 nitrogen and oxygen atoms in total. The number of ether oxygens (including phenoxy) is 6. The highest BCUT2D eigenvalue weighted by atomic mass is 16.7. The van der Waals surface area contributed by atoms with E-state index in [-0.39, 0.29) is 30.5 Å². The molecule has 4 aliphatic carbocycles. The Balaban J connectivity index is 1.00. The predicted molar refractivity (Wildman–Crippen MR) is 169 cm³/mol. The lowest BCUT2D eigenvalue weighted by Crippen LogP contribution is -2.69. The third kappa shape index (κ3) is 5.57. The zero-order valence-electron chi connectivity index (χ0n) is 29.0. The Morgan fingerprint density at radius 2 is 1.71 bits per heavy atom. The van der Waals surface area contributed by atoms with E-state index in [1.807, 2.05) is 0 Å². The summed E-state index contributed by atoms with van der Waals surface area (Å²) >= 11 is 0. The van der Waals surface area contributed by atoms with Crippen LogP contribution in [0.4, 0.5) is 0 Å². The average Bonchev–Trinajstić information content (AvgIpc) is 3.49. The van der Waals surface area contributed by atoms with Gasteiger partial charge in [0.05, 0.1) is 30.5 Å². The molecule has 7 rings (SSSR count). The van der Waals surface area contributed by atoms with E-state index in [1.165, 1.54) is 7.11 Å². The second kappa shape index (κ2) is 12.9. The summed E-state index contributed by atoms with van der Waals surface area (Å²) in [7, 11) is 1.54. The van der Waals surface area contributed by atoms with Gasteiger partial charge in [0.25, 0.3) is 0 Å². The van der Waals surface area contributed by atoms with Crippen molar-refractivity contribution in [2.24, 2.45) is 28.1 Å². The van der Waals surface area contributed by atoms with E-state index >= 15 is 0 Å². The molecule has 0 amide bonds. The lowest BCUT2D eigenvalue weighted by molar-refractivity contribution is -0.347. The van der Waals surface area contributed by atoms with Crippen molar-refractivity contribution in [1.29, 1.82) is 0 Å². The number of hydrogen-bond acceptors (Lipinski definition) is 13. The first kappa shape index (κ1) is 35.9. The molecule has 0 unspecified atom stereocenters. The number of cyclic esters (lactones) is 1. The predicted octanol–water partition coefficient (Wildman–Crippen LogP) is 1.29. The minimum Gasteiger partial charge on any atom is -0.458 e. The Labute approximate surface area is 287 Å². The van der Waals surface area contributed by atoms with Crippen molar-refractivity contribution in [2.45, 2.75) is 152 Å². The third-order valence-electron chi connectivity index (χ3n) is 14.1. The molecule has 3 heterocycles. The summed E-state index contributed by atoms with van der Waals surface area (Å²) in [5.74, 6) is 0.0824. The summed E-state index contributed by atoms with van der Waals surface area (Å²) in [6.07, 6.45) is -1.56. The highest BCUT2D eigenvalue weighted by Crippen LogP contribution is 2.71. The quantitative estimate of drug-likeness (QED) is 0.190. The maximum absolute atomic E-state index is 14.6. The normalized spacial score (nSPS) is 53.0. The summed E-state index contributed by atoms with van der Waals surface area (Å²) < 4.78 is 35.4. The number of methoxy groups -OCH3 is 1. The molecule has 13 heteroatoms. The highest BCUT2D eigenvalue weighted by molar-refractivity contribution is 5.94. The smallest absolute Gasteiger partial charge is 0.331 e. The number of Topliss-reactive ketones (excluding diaryl/α,β-unsaturated/α-hetero) is 1. The minimum absolute atomic E-state index is 0.0202. The molecule has 6 fully saturated rings. The number of rotatable bonds is 7. The fourth-order valence-corrected chi connectivity index (χ4v) is 11.3. The SMILES string of the molecule is CO[C@H]1C[C@H](O[C@H]2CC[C@@]3(C)[C@H]4CC[C@@]5(C)C(=O)[C@@]4(CC[C@@H]5C4=CC(=O)OC4)CC[C@]3(O)C2)O[C@H](C)[C@H]1O[C@@H]1O[C@H](CO)[C@@H](O)[C@H](O)[C@H]1O. The van der Waals surface area contributed by atoms with Gasteiger partial charge in [-0.05, 0) is 75.7 Å². The Kier molecular flexibility index (Phi) is 9.41. The van der Waals surface area contributed by atoms with Gasteiger partial charge in [0.2, 0.25) is 0 Å². The second-order valence-corrected chi connectivity index (χ2v) is 16.4. The number of hydrogen-bond donors (Lipinski definition) is 5. The highest BCUT2D eigenvalue weighted by Gasteiger charge is 2.71. The van der Waals surface area contributed by atoms with Gasteiger partial charge in [-0.1, -0.05) is 13.8 Å². The third-order valence-corrected chi connectivity index (χ3v) is 14.1. The van der Waals surface area contributed by atoms with E-state index in [4.69, 9.17) is 28.4 Å². The van der Waals surface area contributed by atoms with Crippen molar-refractivity contribution >= 4 is 11.8 Å². The zero-order chi connectivity index (χ0) is 35.1. The van der Waals surface area contributed by atoms with Crippen LogP contribution in [0, 0.1) is 28.1 Å². The molecule has 0 aromatic heterocycles. The van der Waals surface area contributed by atoms with Crippen LogP contribution in [0.25, 0.3) is 0 Å². The van der Waals surface area contributed by atoms with E-state index in [2.05, 4.69) is 13.8 Å². The molecule has 0 aromatic carbocycles. The van der Waals surface area contributed by atoms with Crippen LogP contribution in [0.15, 0.2) is 11.6 Å². The van der Waals surface area contributed by atoms with Crippen molar-refractivity contribution < 1.29 is 63.5 Å². The topological polar surface area (TPSA) is 191 Å². The van der Waals surface area contributed by atoms with E-state index in [9.17, 15) is 35.1 Å². The summed E-state index contributed by atoms with van der Waals surface area (Å²) in [6, 6.07) is 0. The maximum atomic E-state index is 14.6. The van der Waals surface area contributed by atoms with Crippen molar-refractivity contribution in [3.8, 4) is 0 Å². The molecule has 4 saturated carbocycles. The van der Waals surface area contributed by atoms with Crippen LogP contribution in [0.1, 0.15) is 85.0 Å². The summed E-state index contributed by atoms with van der Waals surface area (Å²) in [6.45, 7) is 5.78. The van der Waals surface area contributed by atoms with Gasteiger partial charge in [-0.2, -0.15) is 0 Å². The van der Waals surface area contributed by atoms with Crippen LogP contribution in [0.5, 0.6) is 0 Å². The van der Waals surface area contributed by atoms with Crippen LogP contribution in [-0.4, -0.2) is 125 Å². The molecule has 0 radical (unpaired) electrons. The van der Waals surface area contributed by atoms with Gasteiger partial charge in [-0.15, -0.1) is 0 Å². The van der Waals surface area contributed by atoms with Crippen LogP contribution < -0.4 is 0 Å². The molecule has 0 aromatic rings. The van der Waals surface area contributed by atoms with Gasteiger partial charge >= 0.3 is 5.97 Å². The standard InChI is InChI=1S/C36H54O13/c1-18-30(49-31-29(41)28(40)27(39)23(16-37)48-31)22(44-4)14-26(46-18)47-20-5-9-34(3)24-7-8-33(2)21(19-13-25(38)45-17-19)6-10-35(24,32(33)42)11-12-36(34,43)15-20/h13,18,20-24,26-31,37,39-41,43H,5-12,14-17H2,1-4H3/t18-,20+,21-,22+,23-,24-,26+,27-,28+,29-,30-,31+,33-,34+,35+,36+/m1/s1. The van der Waals surface area contributed by atoms with Gasteiger partial charge in [0, 0.05) is 42.3 Å². The lowest BCUT2D eigenvalue weighted by atomic mass is 9.36. The molecular weight excluding hydrogens is 640 g/mol. The zero-order valence-corrected chi connectivity index (χ0v) is 29.0. The first-order chi connectivity index (χ1) is 23.2. The second-order valence-electron chi connectivity index (χ2n) is 16.4. The summed E-state index contributed by atoms with van der Waals surface area (Å²) in [5, 5.41) is 52.9. The van der Waals surface area contributed by atoms with Crippen molar-refractivity contribution in [2.75, 3.05) is 20.3 Å².